The molecule has 0 saturated carbocycles. The number of hydrogen-bond acceptors (Lipinski definition) is 2. The molecule has 0 fully saturated rings. The third kappa shape index (κ3) is 5.79. The van der Waals surface area contributed by atoms with E-state index in [1.165, 1.54) is 4.46 Å². The summed E-state index contributed by atoms with van der Waals surface area (Å²) in [5, 5.41) is 14.5. The summed E-state index contributed by atoms with van der Waals surface area (Å²) in [4.78, 5) is 12.7. The van der Waals surface area contributed by atoms with E-state index in [2.05, 4.69) is 17.4 Å². The van der Waals surface area contributed by atoms with Crippen LogP contribution in [-0.2, 0) is 4.79 Å². The third-order valence-corrected chi connectivity index (χ3v) is 5.90. The van der Waals surface area contributed by atoms with E-state index in [-0.39, 0.29) is 26.4 Å². The zero-order chi connectivity index (χ0) is 17.6. The Kier molecular flexibility index (Phi) is 6.61. The molecule has 2 rings (SSSR count). The molecule has 0 unspecified atom stereocenters. The SMILES string of the molecule is CC(C)(C)NC(=O)[C@@H](C[Se]c1ccccc1)[C@H](O)c1ccccc1. The van der Waals surface area contributed by atoms with Crippen LogP contribution >= 0.6 is 0 Å². The van der Waals surface area contributed by atoms with Crippen LogP contribution in [0.4, 0.5) is 0 Å². The predicted octanol–water partition coefficient (Wildman–Crippen LogP) is 2.70. The van der Waals surface area contributed by atoms with Crippen molar-refractivity contribution in [1.29, 1.82) is 0 Å². The summed E-state index contributed by atoms with van der Waals surface area (Å²) in [5.74, 6) is -0.538. The van der Waals surface area contributed by atoms with Gasteiger partial charge in [-0.1, -0.05) is 0 Å². The molecule has 3 nitrogen and oxygen atoms in total. The van der Waals surface area contributed by atoms with Gasteiger partial charge in [0, 0.05) is 0 Å². The van der Waals surface area contributed by atoms with Crippen LogP contribution in [0, 0.1) is 5.92 Å². The van der Waals surface area contributed by atoms with Crippen LogP contribution in [0.2, 0.25) is 5.32 Å². The fourth-order valence-corrected chi connectivity index (χ4v) is 4.57. The van der Waals surface area contributed by atoms with E-state index in [9.17, 15) is 9.90 Å². The average molecular weight is 390 g/mol. The van der Waals surface area contributed by atoms with Gasteiger partial charge in [0.15, 0.2) is 0 Å². The number of nitrogens with one attached hydrogen (secondary N) is 1. The van der Waals surface area contributed by atoms with Crippen molar-refractivity contribution in [2.24, 2.45) is 5.92 Å². The molecule has 0 aliphatic carbocycles. The number of aliphatic hydroxyl groups excluding tert-OH is 1. The zero-order valence-corrected chi connectivity index (χ0v) is 16.1. The second-order valence-corrected chi connectivity index (χ2v) is 9.12. The standard InChI is InChI=1S/C20H25NO2Se/c1-20(2,3)21-19(23)17(14-24-16-12-8-5-9-13-16)18(22)15-10-6-4-7-11-15/h4-13,17-18,22H,14H2,1-3H3,(H,21,23)/t17-,18+/m0/s1. The topological polar surface area (TPSA) is 49.3 Å². The second-order valence-electron chi connectivity index (χ2n) is 6.83. The molecular formula is C20H25NO2Se. The molecule has 4 heteroatoms. The first-order chi connectivity index (χ1) is 11.4. The Hall–Kier alpha value is -1.61. The normalized spacial score (nSPS) is 14.0. The van der Waals surface area contributed by atoms with Gasteiger partial charge in [-0.05, 0) is 0 Å². The van der Waals surface area contributed by atoms with Crippen LogP contribution in [0.25, 0.3) is 0 Å². The average Bonchev–Trinajstić information content (AvgIpc) is 2.55. The fraction of sp³-hybridized carbons (Fsp3) is 0.350. The molecule has 0 aliphatic rings. The van der Waals surface area contributed by atoms with Gasteiger partial charge in [0.1, 0.15) is 0 Å². The summed E-state index contributed by atoms with van der Waals surface area (Å²) >= 11 is 0.136. The summed E-state index contributed by atoms with van der Waals surface area (Å²) in [6.07, 6.45) is -0.792. The fourth-order valence-electron chi connectivity index (χ4n) is 2.36. The van der Waals surface area contributed by atoms with Gasteiger partial charge in [-0.25, -0.2) is 0 Å². The van der Waals surface area contributed by atoms with Crippen molar-refractivity contribution < 1.29 is 9.90 Å². The van der Waals surface area contributed by atoms with Crippen molar-refractivity contribution in [3.05, 3.63) is 66.2 Å². The van der Waals surface area contributed by atoms with Crippen LogP contribution in [0.3, 0.4) is 0 Å². The van der Waals surface area contributed by atoms with Gasteiger partial charge in [0.2, 0.25) is 0 Å². The summed E-state index contributed by atoms with van der Waals surface area (Å²) in [6.45, 7) is 5.87. The van der Waals surface area contributed by atoms with E-state index in [0.29, 0.717) is 5.32 Å². The maximum atomic E-state index is 12.7. The Morgan fingerprint density at radius 1 is 1.04 bits per heavy atom. The van der Waals surface area contributed by atoms with E-state index in [1.807, 2.05) is 69.3 Å². The molecule has 1 amide bonds. The van der Waals surface area contributed by atoms with Gasteiger partial charge in [-0.15, -0.1) is 0 Å². The Morgan fingerprint density at radius 2 is 1.58 bits per heavy atom. The number of benzene rings is 2. The van der Waals surface area contributed by atoms with Gasteiger partial charge < -0.3 is 0 Å². The van der Waals surface area contributed by atoms with Crippen molar-refractivity contribution in [2.75, 3.05) is 0 Å². The minimum atomic E-state index is -0.792. The Labute approximate surface area is 150 Å². The van der Waals surface area contributed by atoms with Crippen molar-refractivity contribution in [3.8, 4) is 0 Å². The summed E-state index contributed by atoms with van der Waals surface area (Å²) in [7, 11) is 0. The molecule has 0 heterocycles. The van der Waals surface area contributed by atoms with E-state index >= 15 is 0 Å². The van der Waals surface area contributed by atoms with E-state index < -0.39 is 12.0 Å². The quantitative estimate of drug-likeness (QED) is 0.746. The zero-order valence-electron chi connectivity index (χ0n) is 14.4. The van der Waals surface area contributed by atoms with Crippen molar-refractivity contribution in [3.63, 3.8) is 0 Å². The summed E-state index contributed by atoms with van der Waals surface area (Å²) in [6, 6.07) is 19.6. The Balaban J connectivity index is 2.15. The molecule has 0 saturated heterocycles. The summed E-state index contributed by atoms with van der Waals surface area (Å²) < 4.78 is 1.24. The van der Waals surface area contributed by atoms with E-state index in [4.69, 9.17) is 0 Å². The van der Waals surface area contributed by atoms with Gasteiger partial charge >= 0.3 is 150 Å². The monoisotopic (exact) mass is 391 g/mol. The van der Waals surface area contributed by atoms with Crippen LogP contribution in [0.1, 0.15) is 32.4 Å². The molecule has 2 atom stereocenters. The van der Waals surface area contributed by atoms with Crippen LogP contribution in [0.5, 0.6) is 0 Å². The summed E-state index contributed by atoms with van der Waals surface area (Å²) in [5.41, 5.74) is 0.473. The Morgan fingerprint density at radius 3 is 2.12 bits per heavy atom. The molecule has 0 aromatic heterocycles. The van der Waals surface area contributed by atoms with Crippen molar-refractivity contribution in [2.45, 2.75) is 37.7 Å². The molecule has 0 aliphatic heterocycles. The molecule has 2 aromatic carbocycles. The number of hydrogen-bond donors (Lipinski definition) is 2. The minimum absolute atomic E-state index is 0.0864. The number of carbonyl (C=O) groups is 1. The second kappa shape index (κ2) is 8.48. The van der Waals surface area contributed by atoms with E-state index in [1.54, 1.807) is 0 Å². The first-order valence-corrected chi connectivity index (χ1v) is 10.2. The van der Waals surface area contributed by atoms with Crippen molar-refractivity contribution in [1.82, 2.24) is 5.32 Å². The number of aliphatic hydroxyl groups is 1. The molecule has 24 heavy (non-hydrogen) atoms. The van der Waals surface area contributed by atoms with E-state index in [0.717, 1.165) is 5.56 Å². The van der Waals surface area contributed by atoms with Crippen LogP contribution < -0.4 is 9.78 Å². The molecule has 0 bridgehead atoms. The molecule has 2 N–H and O–H groups in total. The number of rotatable bonds is 6. The van der Waals surface area contributed by atoms with Gasteiger partial charge in [-0.2, -0.15) is 0 Å². The molecule has 0 radical (unpaired) electrons. The van der Waals surface area contributed by atoms with Crippen LogP contribution in [0.15, 0.2) is 60.7 Å². The number of carbonyl (C=O) groups excluding carboxylic acids is 1. The maximum absolute atomic E-state index is 12.7. The molecule has 0 spiro atoms. The molecule has 2 aromatic rings. The first kappa shape index (κ1) is 18.7. The van der Waals surface area contributed by atoms with Gasteiger partial charge in [0.25, 0.3) is 0 Å². The van der Waals surface area contributed by atoms with Crippen molar-refractivity contribution >= 4 is 25.3 Å². The van der Waals surface area contributed by atoms with Gasteiger partial charge in [-0.3, -0.25) is 0 Å². The first-order valence-electron chi connectivity index (χ1n) is 8.10. The number of amides is 1. The van der Waals surface area contributed by atoms with Gasteiger partial charge in [0.05, 0.1) is 0 Å². The third-order valence-electron chi connectivity index (χ3n) is 3.53. The predicted molar refractivity (Wildman–Crippen MR) is 99.4 cm³/mol. The molecular weight excluding hydrogens is 365 g/mol. The molecule has 128 valence electrons. The van der Waals surface area contributed by atoms with Crippen LogP contribution in [-0.4, -0.2) is 31.5 Å². The Bertz CT molecular complexity index is 638.